The van der Waals surface area contributed by atoms with Gasteiger partial charge in [-0.15, -0.1) is 0 Å². The third-order valence-corrected chi connectivity index (χ3v) is 4.64. The minimum absolute atomic E-state index is 0.110. The molecule has 3 rings (SSSR count). The summed E-state index contributed by atoms with van der Waals surface area (Å²) in [5.41, 5.74) is 2.80. The minimum atomic E-state index is 0.110. The Morgan fingerprint density at radius 2 is 2.36 bits per heavy atom. The number of rotatable bonds is 7. The van der Waals surface area contributed by atoms with Crippen molar-refractivity contribution in [1.29, 1.82) is 5.26 Å². The van der Waals surface area contributed by atoms with Crippen molar-refractivity contribution in [3.63, 3.8) is 0 Å². The SMILES string of the molecule is CCn1cc([C@@H]2OCC[C@H]2CNCc2ccc(OC)c(C#N)c2)cn1. The first-order valence-corrected chi connectivity index (χ1v) is 8.66. The highest BCUT2D eigenvalue weighted by Crippen LogP contribution is 2.33. The summed E-state index contributed by atoms with van der Waals surface area (Å²) in [7, 11) is 1.58. The van der Waals surface area contributed by atoms with E-state index in [0.29, 0.717) is 17.2 Å². The molecule has 0 radical (unpaired) electrons. The number of nitriles is 1. The second-order valence-electron chi connectivity index (χ2n) is 6.25. The first kappa shape index (κ1) is 17.5. The zero-order valence-electron chi connectivity index (χ0n) is 14.7. The van der Waals surface area contributed by atoms with Gasteiger partial charge >= 0.3 is 0 Å². The second kappa shape index (κ2) is 8.15. The summed E-state index contributed by atoms with van der Waals surface area (Å²) in [5.74, 6) is 1.05. The molecule has 2 heterocycles. The summed E-state index contributed by atoms with van der Waals surface area (Å²) in [6, 6.07) is 7.88. The van der Waals surface area contributed by atoms with Crippen molar-refractivity contribution in [1.82, 2.24) is 15.1 Å². The Kier molecular flexibility index (Phi) is 5.69. The number of benzene rings is 1. The van der Waals surface area contributed by atoms with E-state index in [1.165, 1.54) is 0 Å². The summed E-state index contributed by atoms with van der Waals surface area (Å²) in [4.78, 5) is 0. The summed E-state index contributed by atoms with van der Waals surface area (Å²) < 4.78 is 13.0. The number of methoxy groups -OCH3 is 1. The molecule has 0 aliphatic carbocycles. The highest BCUT2D eigenvalue weighted by molar-refractivity contribution is 5.45. The number of ether oxygens (including phenoxy) is 2. The van der Waals surface area contributed by atoms with E-state index >= 15 is 0 Å². The predicted octanol–water partition coefficient (Wildman–Crippen LogP) is 2.65. The van der Waals surface area contributed by atoms with E-state index < -0.39 is 0 Å². The highest BCUT2D eigenvalue weighted by Gasteiger charge is 2.30. The van der Waals surface area contributed by atoms with Crippen molar-refractivity contribution in [2.45, 2.75) is 32.5 Å². The van der Waals surface area contributed by atoms with Gasteiger partial charge < -0.3 is 14.8 Å². The van der Waals surface area contributed by atoms with Crippen LogP contribution < -0.4 is 10.1 Å². The standard InChI is InChI=1S/C19H24N4O2/c1-3-23-13-17(12-22-23)19-15(6-7-25-19)11-21-10-14-4-5-18(24-2)16(8-14)9-20/h4-5,8,12-13,15,19,21H,3,6-7,10-11H2,1-2H3/t15-,19+/m0/s1. The van der Waals surface area contributed by atoms with E-state index in [4.69, 9.17) is 9.47 Å². The molecule has 0 unspecified atom stereocenters. The van der Waals surface area contributed by atoms with Crippen molar-refractivity contribution < 1.29 is 9.47 Å². The number of nitrogens with zero attached hydrogens (tertiary/aromatic N) is 3. The maximum Gasteiger partial charge on any atom is 0.136 e. The molecule has 1 aliphatic rings. The fourth-order valence-corrected chi connectivity index (χ4v) is 3.27. The summed E-state index contributed by atoms with van der Waals surface area (Å²) in [6.45, 7) is 5.32. The number of hydrogen-bond donors (Lipinski definition) is 1. The molecule has 2 aromatic rings. The average molecular weight is 340 g/mol. The quantitative estimate of drug-likeness (QED) is 0.839. The van der Waals surface area contributed by atoms with Crippen LogP contribution in [-0.4, -0.2) is 30.0 Å². The van der Waals surface area contributed by atoms with Crippen molar-refractivity contribution in [2.24, 2.45) is 5.92 Å². The zero-order valence-corrected chi connectivity index (χ0v) is 14.7. The normalized spacial score (nSPS) is 19.7. The molecule has 0 amide bonds. The van der Waals surface area contributed by atoms with Crippen molar-refractivity contribution in [3.8, 4) is 11.8 Å². The summed E-state index contributed by atoms with van der Waals surface area (Å²) in [5, 5.41) is 17.0. The maximum absolute atomic E-state index is 9.18. The minimum Gasteiger partial charge on any atom is -0.495 e. The largest absolute Gasteiger partial charge is 0.495 e. The molecule has 1 aromatic carbocycles. The van der Waals surface area contributed by atoms with Crippen LogP contribution in [0, 0.1) is 17.2 Å². The molecule has 6 heteroatoms. The molecule has 1 aromatic heterocycles. The van der Waals surface area contributed by atoms with E-state index in [9.17, 15) is 5.26 Å². The molecule has 1 saturated heterocycles. The van der Waals surface area contributed by atoms with Gasteiger partial charge in [-0.05, 0) is 31.0 Å². The van der Waals surface area contributed by atoms with Gasteiger partial charge in [0.15, 0.2) is 0 Å². The predicted molar refractivity (Wildman–Crippen MR) is 94.1 cm³/mol. The lowest BCUT2D eigenvalue weighted by Crippen LogP contribution is -2.24. The third kappa shape index (κ3) is 4.01. The zero-order chi connectivity index (χ0) is 17.6. The van der Waals surface area contributed by atoms with Crippen LogP contribution in [0.2, 0.25) is 0 Å². The van der Waals surface area contributed by atoms with Gasteiger partial charge in [0.05, 0.1) is 25.0 Å². The molecule has 0 saturated carbocycles. The van der Waals surface area contributed by atoms with Crippen LogP contribution in [-0.2, 0) is 17.8 Å². The fourth-order valence-electron chi connectivity index (χ4n) is 3.27. The molecule has 2 atom stereocenters. The smallest absolute Gasteiger partial charge is 0.136 e. The van der Waals surface area contributed by atoms with Crippen molar-refractivity contribution in [3.05, 3.63) is 47.3 Å². The van der Waals surface area contributed by atoms with Crippen LogP contribution in [0.15, 0.2) is 30.6 Å². The number of nitrogens with one attached hydrogen (secondary N) is 1. The molecule has 6 nitrogen and oxygen atoms in total. The Balaban J connectivity index is 1.57. The van der Waals surface area contributed by atoms with Gasteiger partial charge in [-0.3, -0.25) is 4.68 Å². The van der Waals surface area contributed by atoms with E-state index in [2.05, 4.69) is 29.6 Å². The topological polar surface area (TPSA) is 72.1 Å². The average Bonchev–Trinajstić information content (AvgIpc) is 3.30. The number of aromatic nitrogens is 2. The Morgan fingerprint density at radius 1 is 1.48 bits per heavy atom. The van der Waals surface area contributed by atoms with Gasteiger partial charge in [0, 0.05) is 43.9 Å². The summed E-state index contributed by atoms with van der Waals surface area (Å²) >= 11 is 0. The molecule has 132 valence electrons. The molecular formula is C19H24N4O2. The van der Waals surface area contributed by atoms with E-state index in [-0.39, 0.29) is 6.10 Å². The van der Waals surface area contributed by atoms with Crippen LogP contribution in [0.1, 0.15) is 36.1 Å². The van der Waals surface area contributed by atoms with Crippen molar-refractivity contribution in [2.75, 3.05) is 20.3 Å². The van der Waals surface area contributed by atoms with Crippen LogP contribution >= 0.6 is 0 Å². The Morgan fingerprint density at radius 3 is 3.08 bits per heavy atom. The number of aryl methyl sites for hydroxylation is 1. The maximum atomic E-state index is 9.18. The molecule has 25 heavy (non-hydrogen) atoms. The Hall–Kier alpha value is -2.36. The second-order valence-corrected chi connectivity index (χ2v) is 6.25. The van der Waals surface area contributed by atoms with E-state index in [1.807, 2.05) is 29.1 Å². The van der Waals surface area contributed by atoms with Crippen molar-refractivity contribution >= 4 is 0 Å². The molecular weight excluding hydrogens is 316 g/mol. The van der Waals surface area contributed by atoms with Gasteiger partial charge in [0.1, 0.15) is 11.8 Å². The first-order chi connectivity index (χ1) is 12.2. The van der Waals surface area contributed by atoms with Crippen LogP contribution in [0.3, 0.4) is 0 Å². The first-order valence-electron chi connectivity index (χ1n) is 8.66. The van der Waals surface area contributed by atoms with Crippen LogP contribution in [0.25, 0.3) is 0 Å². The van der Waals surface area contributed by atoms with Gasteiger partial charge in [-0.25, -0.2) is 0 Å². The monoisotopic (exact) mass is 340 g/mol. The summed E-state index contributed by atoms with van der Waals surface area (Å²) in [6.07, 6.45) is 5.14. The highest BCUT2D eigenvalue weighted by atomic mass is 16.5. The Labute approximate surface area is 148 Å². The van der Waals surface area contributed by atoms with Gasteiger partial charge in [0.25, 0.3) is 0 Å². The molecule has 1 aliphatic heterocycles. The molecule has 0 bridgehead atoms. The third-order valence-electron chi connectivity index (χ3n) is 4.64. The lowest BCUT2D eigenvalue weighted by Gasteiger charge is -2.18. The van der Waals surface area contributed by atoms with Crippen LogP contribution in [0.5, 0.6) is 5.75 Å². The van der Waals surface area contributed by atoms with Crippen LogP contribution in [0.4, 0.5) is 0 Å². The van der Waals surface area contributed by atoms with E-state index in [1.54, 1.807) is 7.11 Å². The number of hydrogen-bond acceptors (Lipinski definition) is 5. The lowest BCUT2D eigenvalue weighted by molar-refractivity contribution is 0.0904. The molecule has 1 N–H and O–H groups in total. The lowest BCUT2D eigenvalue weighted by atomic mass is 9.97. The van der Waals surface area contributed by atoms with E-state index in [0.717, 1.165) is 43.8 Å². The Bertz CT molecular complexity index is 750. The van der Waals surface area contributed by atoms with Gasteiger partial charge in [-0.1, -0.05) is 6.07 Å². The fraction of sp³-hybridized carbons (Fsp3) is 0.474. The molecule has 1 fully saturated rings. The molecule has 0 spiro atoms. The van der Waals surface area contributed by atoms with Gasteiger partial charge in [-0.2, -0.15) is 10.4 Å². The van der Waals surface area contributed by atoms with Gasteiger partial charge in [0.2, 0.25) is 0 Å².